The summed E-state index contributed by atoms with van der Waals surface area (Å²) in [7, 11) is 0. The molecule has 4 aromatic carbocycles. The van der Waals surface area contributed by atoms with Crippen LogP contribution < -0.4 is 15.4 Å². The number of hydrogen-bond acceptors (Lipinski definition) is 4. The maximum Gasteiger partial charge on any atom is 0.262 e. The van der Waals surface area contributed by atoms with Crippen LogP contribution in [-0.4, -0.2) is 18.4 Å². The van der Waals surface area contributed by atoms with Gasteiger partial charge in [-0.3, -0.25) is 9.59 Å². The zero-order valence-electron chi connectivity index (χ0n) is 19.0. The van der Waals surface area contributed by atoms with Gasteiger partial charge in [0, 0.05) is 10.6 Å². The van der Waals surface area contributed by atoms with Crippen LogP contribution >= 0.6 is 35.0 Å². The first kappa shape index (κ1) is 25.6. The molecule has 0 radical (unpaired) electrons. The lowest BCUT2D eigenvalue weighted by Crippen LogP contribution is -2.20. The topological polar surface area (TPSA) is 67.4 Å². The highest BCUT2D eigenvalue weighted by molar-refractivity contribution is 8.00. The van der Waals surface area contributed by atoms with Gasteiger partial charge in [0.15, 0.2) is 6.61 Å². The van der Waals surface area contributed by atoms with Gasteiger partial charge in [0.25, 0.3) is 5.91 Å². The summed E-state index contributed by atoms with van der Waals surface area (Å²) in [6.07, 6.45) is 0. The second kappa shape index (κ2) is 12.5. The Bertz CT molecular complexity index is 1320. The molecule has 36 heavy (non-hydrogen) atoms. The number of halogens is 2. The summed E-state index contributed by atoms with van der Waals surface area (Å²) in [5, 5.41) is 5.82. The number of amides is 2. The van der Waals surface area contributed by atoms with Crippen LogP contribution in [0.4, 0.5) is 11.4 Å². The van der Waals surface area contributed by atoms with Gasteiger partial charge < -0.3 is 15.4 Å². The summed E-state index contributed by atoms with van der Waals surface area (Å²) in [6, 6.07) is 31.0. The van der Waals surface area contributed by atoms with E-state index >= 15 is 0 Å². The van der Waals surface area contributed by atoms with E-state index in [0.29, 0.717) is 27.2 Å². The van der Waals surface area contributed by atoms with Crippen LogP contribution in [0.1, 0.15) is 10.8 Å². The first-order valence-corrected chi connectivity index (χ1v) is 12.7. The SMILES string of the molecule is O=C(COc1ccccc1)Nc1ccc(SC(C(=O)Nc2cccc(Cl)c2Cl)c2ccccc2)cc1. The van der Waals surface area contributed by atoms with Gasteiger partial charge in [-0.2, -0.15) is 0 Å². The van der Waals surface area contributed by atoms with Crippen LogP contribution in [-0.2, 0) is 9.59 Å². The molecule has 0 aliphatic heterocycles. The first-order chi connectivity index (χ1) is 17.5. The molecule has 182 valence electrons. The molecule has 0 aliphatic rings. The molecule has 4 aromatic rings. The molecule has 4 rings (SSSR count). The zero-order valence-corrected chi connectivity index (χ0v) is 21.3. The van der Waals surface area contributed by atoms with Gasteiger partial charge >= 0.3 is 0 Å². The summed E-state index contributed by atoms with van der Waals surface area (Å²) in [6.45, 7) is -0.0944. The molecule has 0 saturated carbocycles. The number of carbonyl (C=O) groups excluding carboxylic acids is 2. The normalized spacial score (nSPS) is 11.4. The minimum absolute atomic E-state index is 0.0944. The minimum Gasteiger partial charge on any atom is -0.484 e. The van der Waals surface area contributed by atoms with E-state index in [1.165, 1.54) is 11.8 Å². The first-order valence-electron chi connectivity index (χ1n) is 11.0. The molecule has 2 N–H and O–H groups in total. The number of thioether (sulfide) groups is 1. The van der Waals surface area contributed by atoms with Crippen molar-refractivity contribution in [1.82, 2.24) is 0 Å². The molecule has 1 unspecified atom stereocenters. The molecule has 0 bridgehead atoms. The van der Waals surface area contributed by atoms with Gasteiger partial charge in [0.05, 0.1) is 15.7 Å². The van der Waals surface area contributed by atoms with Gasteiger partial charge in [-0.05, 0) is 54.1 Å². The van der Waals surface area contributed by atoms with E-state index in [0.717, 1.165) is 10.5 Å². The van der Waals surface area contributed by atoms with Crippen molar-refractivity contribution < 1.29 is 14.3 Å². The highest BCUT2D eigenvalue weighted by atomic mass is 35.5. The predicted octanol–water partition coefficient (Wildman–Crippen LogP) is 7.48. The number of hydrogen-bond donors (Lipinski definition) is 2. The smallest absolute Gasteiger partial charge is 0.262 e. The third-order valence-electron chi connectivity index (χ3n) is 5.06. The molecular weight excluding hydrogens is 515 g/mol. The van der Waals surface area contributed by atoms with E-state index in [1.807, 2.05) is 60.7 Å². The van der Waals surface area contributed by atoms with E-state index in [4.69, 9.17) is 27.9 Å². The Morgan fingerprint density at radius 1 is 0.778 bits per heavy atom. The quantitative estimate of drug-likeness (QED) is 0.217. The Balaban J connectivity index is 1.42. The van der Waals surface area contributed by atoms with Crippen molar-refractivity contribution in [2.45, 2.75) is 10.1 Å². The van der Waals surface area contributed by atoms with Crippen LogP contribution in [0.5, 0.6) is 5.75 Å². The van der Waals surface area contributed by atoms with Gasteiger partial charge in [0.2, 0.25) is 5.91 Å². The van der Waals surface area contributed by atoms with Crippen LogP contribution in [0.3, 0.4) is 0 Å². The average Bonchev–Trinajstić information content (AvgIpc) is 2.90. The number of benzene rings is 4. The van der Waals surface area contributed by atoms with Crippen molar-refractivity contribution in [3.8, 4) is 5.75 Å². The van der Waals surface area contributed by atoms with Crippen LogP contribution in [0.2, 0.25) is 10.0 Å². The molecule has 0 fully saturated rings. The van der Waals surface area contributed by atoms with E-state index in [9.17, 15) is 9.59 Å². The van der Waals surface area contributed by atoms with Crippen LogP contribution in [0, 0.1) is 0 Å². The highest BCUT2D eigenvalue weighted by Crippen LogP contribution is 2.38. The van der Waals surface area contributed by atoms with Crippen molar-refractivity contribution in [3.05, 3.63) is 119 Å². The Hall–Kier alpha value is -3.45. The number of nitrogens with one attached hydrogen (secondary N) is 2. The van der Waals surface area contributed by atoms with Gasteiger partial charge in [-0.15, -0.1) is 11.8 Å². The fourth-order valence-corrected chi connectivity index (χ4v) is 4.69. The summed E-state index contributed by atoms with van der Waals surface area (Å²) in [5.41, 5.74) is 1.92. The minimum atomic E-state index is -0.541. The Labute approximate surface area is 223 Å². The van der Waals surface area contributed by atoms with Gasteiger partial charge in [-0.1, -0.05) is 77.8 Å². The van der Waals surface area contributed by atoms with Crippen molar-refractivity contribution in [1.29, 1.82) is 0 Å². The van der Waals surface area contributed by atoms with E-state index in [1.54, 1.807) is 42.5 Å². The molecule has 0 aromatic heterocycles. The second-order valence-corrected chi connectivity index (χ2v) is 9.64. The summed E-state index contributed by atoms with van der Waals surface area (Å²) in [5.74, 6) is 0.133. The Kier molecular flexibility index (Phi) is 8.90. The lowest BCUT2D eigenvalue weighted by Gasteiger charge is -2.18. The summed E-state index contributed by atoms with van der Waals surface area (Å²) < 4.78 is 5.48. The van der Waals surface area contributed by atoms with Crippen molar-refractivity contribution in [2.75, 3.05) is 17.2 Å². The second-order valence-electron chi connectivity index (χ2n) is 7.67. The fourth-order valence-electron chi connectivity index (χ4n) is 3.31. The zero-order chi connectivity index (χ0) is 25.3. The van der Waals surface area contributed by atoms with E-state index < -0.39 is 5.25 Å². The highest BCUT2D eigenvalue weighted by Gasteiger charge is 2.23. The van der Waals surface area contributed by atoms with Crippen molar-refractivity contribution >= 4 is 58.2 Å². The number of para-hydroxylation sites is 1. The van der Waals surface area contributed by atoms with Gasteiger partial charge in [-0.25, -0.2) is 0 Å². The fraction of sp³-hybridized carbons (Fsp3) is 0.0714. The standard InChI is InChI=1S/C28H22Cl2N2O3S/c29-23-12-7-13-24(26(23)30)32-28(34)27(19-8-3-1-4-9-19)36-22-16-14-20(15-17-22)31-25(33)18-35-21-10-5-2-6-11-21/h1-17,27H,18H2,(H,31,33)(H,32,34). The van der Waals surface area contributed by atoms with Crippen molar-refractivity contribution in [2.24, 2.45) is 0 Å². The number of rotatable bonds is 9. The average molecular weight is 537 g/mol. The third-order valence-corrected chi connectivity index (χ3v) is 7.14. The molecule has 5 nitrogen and oxygen atoms in total. The van der Waals surface area contributed by atoms with E-state index in [2.05, 4.69) is 10.6 Å². The largest absolute Gasteiger partial charge is 0.484 e. The lowest BCUT2D eigenvalue weighted by atomic mass is 10.1. The third kappa shape index (κ3) is 7.04. The molecule has 0 saturated heterocycles. The summed E-state index contributed by atoms with van der Waals surface area (Å²) >= 11 is 13.8. The Morgan fingerprint density at radius 2 is 1.44 bits per heavy atom. The van der Waals surface area contributed by atoms with Gasteiger partial charge in [0.1, 0.15) is 11.0 Å². The molecule has 1 atom stereocenters. The number of carbonyl (C=O) groups is 2. The molecular formula is C28H22Cl2N2O3S. The number of ether oxygens (including phenoxy) is 1. The lowest BCUT2D eigenvalue weighted by molar-refractivity contribution is -0.118. The molecule has 2 amide bonds. The molecule has 8 heteroatoms. The molecule has 0 spiro atoms. The van der Waals surface area contributed by atoms with E-state index in [-0.39, 0.29) is 18.4 Å². The Morgan fingerprint density at radius 3 is 2.14 bits per heavy atom. The molecule has 0 heterocycles. The number of anilines is 2. The van der Waals surface area contributed by atoms with Crippen LogP contribution in [0.15, 0.2) is 108 Å². The maximum atomic E-state index is 13.3. The van der Waals surface area contributed by atoms with Crippen LogP contribution in [0.25, 0.3) is 0 Å². The van der Waals surface area contributed by atoms with Crippen molar-refractivity contribution in [3.63, 3.8) is 0 Å². The monoisotopic (exact) mass is 536 g/mol. The summed E-state index contributed by atoms with van der Waals surface area (Å²) in [4.78, 5) is 26.4. The molecule has 0 aliphatic carbocycles. The maximum absolute atomic E-state index is 13.3. The predicted molar refractivity (Wildman–Crippen MR) is 147 cm³/mol.